The van der Waals surface area contributed by atoms with Crippen molar-refractivity contribution in [1.29, 1.82) is 0 Å². The van der Waals surface area contributed by atoms with Crippen molar-refractivity contribution in [2.24, 2.45) is 0 Å². The molecule has 0 amide bonds. The lowest BCUT2D eigenvalue weighted by Crippen LogP contribution is -1.80. The third kappa shape index (κ3) is 1.20. The van der Waals surface area contributed by atoms with Crippen LogP contribution in [-0.2, 0) is 0 Å². The van der Waals surface area contributed by atoms with E-state index in [1.54, 1.807) is 12.3 Å². The normalized spacial score (nSPS) is 10.5. The molecule has 0 atom stereocenters. The minimum Gasteiger partial charge on any atom is -0.254 e. The molecule has 2 rings (SSSR count). The molecule has 1 aromatic heterocycles. The molecule has 0 bridgehead atoms. The molecule has 0 N–H and O–H groups in total. The summed E-state index contributed by atoms with van der Waals surface area (Å²) in [5, 5.41) is 1.70. The first-order chi connectivity index (χ1) is 5.77. The molecule has 1 nitrogen and oxygen atoms in total. The van der Waals surface area contributed by atoms with Crippen LogP contribution in [-0.4, -0.2) is 4.98 Å². The van der Waals surface area contributed by atoms with E-state index < -0.39 is 0 Å². The fourth-order valence-corrected chi connectivity index (χ4v) is 1.62. The summed E-state index contributed by atoms with van der Waals surface area (Å²) in [5.41, 5.74) is 0. The second-order valence-corrected chi connectivity index (χ2v) is 3.28. The average Bonchev–Trinajstić information content (AvgIpc) is 2.04. The van der Waals surface area contributed by atoms with Gasteiger partial charge in [-0.1, -0.05) is 0 Å². The van der Waals surface area contributed by atoms with Crippen LogP contribution >= 0.6 is 15.9 Å². The van der Waals surface area contributed by atoms with Gasteiger partial charge in [0.2, 0.25) is 0 Å². The van der Waals surface area contributed by atoms with Crippen molar-refractivity contribution in [3.05, 3.63) is 40.9 Å². The van der Waals surface area contributed by atoms with E-state index in [0.29, 0.717) is 0 Å². The van der Waals surface area contributed by atoms with Crippen LogP contribution in [0.2, 0.25) is 0 Å². The summed E-state index contributed by atoms with van der Waals surface area (Å²) in [5.74, 6) is -0.256. The average molecular weight is 225 g/mol. The molecule has 0 spiro atoms. The summed E-state index contributed by atoms with van der Waals surface area (Å²) in [7, 11) is 0. The molecule has 0 saturated heterocycles. The van der Waals surface area contributed by atoms with Crippen molar-refractivity contribution in [3.8, 4) is 0 Å². The lowest BCUT2D eigenvalue weighted by Gasteiger charge is -1.98. The largest absolute Gasteiger partial charge is 0.254 e. The lowest BCUT2D eigenvalue weighted by atomic mass is 10.2. The van der Waals surface area contributed by atoms with Crippen LogP contribution < -0.4 is 0 Å². The van der Waals surface area contributed by atoms with Crippen molar-refractivity contribution >= 4 is 26.7 Å². The SMILES string of the molecule is Fc1cc(Br)c2cn[c]cc2c1. The molecule has 1 heterocycles. The Balaban J connectivity index is 2.89. The van der Waals surface area contributed by atoms with E-state index in [0.717, 1.165) is 15.2 Å². The van der Waals surface area contributed by atoms with E-state index in [4.69, 9.17) is 0 Å². The topological polar surface area (TPSA) is 12.9 Å². The maximum absolute atomic E-state index is 12.8. The highest BCUT2D eigenvalue weighted by Crippen LogP contribution is 2.23. The lowest BCUT2D eigenvalue weighted by molar-refractivity contribution is 0.629. The summed E-state index contributed by atoms with van der Waals surface area (Å²) in [6.45, 7) is 0. The highest BCUT2D eigenvalue weighted by atomic mass is 79.9. The number of halogens is 2. The molecular formula is C9H4BrFN. The van der Waals surface area contributed by atoms with Crippen LogP contribution in [0.4, 0.5) is 4.39 Å². The molecule has 0 aliphatic rings. The van der Waals surface area contributed by atoms with Crippen LogP contribution in [0.5, 0.6) is 0 Å². The van der Waals surface area contributed by atoms with Gasteiger partial charge in [-0.3, -0.25) is 4.98 Å². The molecule has 0 unspecified atom stereocenters. The van der Waals surface area contributed by atoms with Crippen LogP contribution in [0.25, 0.3) is 10.8 Å². The molecule has 0 aliphatic heterocycles. The van der Waals surface area contributed by atoms with E-state index in [-0.39, 0.29) is 5.82 Å². The smallest absolute Gasteiger partial charge is 0.124 e. The Morgan fingerprint density at radius 2 is 2.25 bits per heavy atom. The Labute approximate surface area is 77.4 Å². The summed E-state index contributed by atoms with van der Waals surface area (Å²) in [6.07, 6.45) is 4.30. The number of rotatable bonds is 0. The predicted molar refractivity (Wildman–Crippen MR) is 48.2 cm³/mol. The highest BCUT2D eigenvalue weighted by Gasteiger charge is 2.00. The van der Waals surface area contributed by atoms with Crippen molar-refractivity contribution in [3.63, 3.8) is 0 Å². The maximum Gasteiger partial charge on any atom is 0.124 e. The van der Waals surface area contributed by atoms with Gasteiger partial charge in [0.1, 0.15) is 5.82 Å². The van der Waals surface area contributed by atoms with Crippen molar-refractivity contribution in [1.82, 2.24) is 4.98 Å². The molecule has 1 radical (unpaired) electrons. The molecule has 1 aromatic carbocycles. The highest BCUT2D eigenvalue weighted by molar-refractivity contribution is 9.10. The van der Waals surface area contributed by atoms with Gasteiger partial charge in [0.05, 0.1) is 6.20 Å². The van der Waals surface area contributed by atoms with Gasteiger partial charge >= 0.3 is 0 Å². The quantitative estimate of drug-likeness (QED) is 0.671. The summed E-state index contributed by atoms with van der Waals surface area (Å²) >= 11 is 3.25. The van der Waals surface area contributed by atoms with Gasteiger partial charge in [0.15, 0.2) is 0 Å². The second kappa shape index (κ2) is 2.83. The van der Waals surface area contributed by atoms with Crippen molar-refractivity contribution in [2.75, 3.05) is 0 Å². The van der Waals surface area contributed by atoms with Crippen molar-refractivity contribution in [2.45, 2.75) is 0 Å². The number of hydrogen-bond donors (Lipinski definition) is 0. The molecule has 0 aliphatic carbocycles. The standard InChI is InChI=1S/C9H4BrFN/c10-9-4-7(11)3-6-1-2-12-5-8(6)9/h1,3-5H. The van der Waals surface area contributed by atoms with Gasteiger partial charge in [-0.05, 0) is 39.5 Å². The van der Waals surface area contributed by atoms with Gasteiger partial charge in [0.25, 0.3) is 0 Å². The maximum atomic E-state index is 12.8. The molecular weight excluding hydrogens is 221 g/mol. The fraction of sp³-hybridized carbons (Fsp3) is 0. The van der Waals surface area contributed by atoms with E-state index in [9.17, 15) is 4.39 Å². The van der Waals surface area contributed by atoms with Crippen molar-refractivity contribution < 1.29 is 4.39 Å². The van der Waals surface area contributed by atoms with Gasteiger partial charge in [-0.15, -0.1) is 0 Å². The predicted octanol–water partition coefficient (Wildman–Crippen LogP) is 2.94. The summed E-state index contributed by atoms with van der Waals surface area (Å²) in [4.78, 5) is 3.83. The Hall–Kier alpha value is -0.960. The number of fused-ring (bicyclic) bond motifs is 1. The van der Waals surface area contributed by atoms with E-state index in [1.165, 1.54) is 12.1 Å². The minimum absolute atomic E-state index is 0.256. The summed E-state index contributed by atoms with van der Waals surface area (Å²) in [6, 6.07) is 4.53. The molecule has 0 fully saturated rings. The Bertz CT molecular complexity index is 428. The Kier molecular flexibility index (Phi) is 1.81. The fourth-order valence-electron chi connectivity index (χ4n) is 1.07. The number of hydrogen-bond acceptors (Lipinski definition) is 1. The molecule has 12 heavy (non-hydrogen) atoms. The zero-order valence-corrected chi connectivity index (χ0v) is 7.60. The second-order valence-electron chi connectivity index (χ2n) is 2.42. The van der Waals surface area contributed by atoms with Gasteiger partial charge in [0, 0.05) is 16.1 Å². The van der Waals surface area contributed by atoms with Crippen LogP contribution in [0.1, 0.15) is 0 Å². The van der Waals surface area contributed by atoms with Gasteiger partial charge < -0.3 is 0 Å². The Morgan fingerprint density at radius 1 is 1.42 bits per heavy atom. The molecule has 2 aromatic rings. The number of pyridine rings is 1. The van der Waals surface area contributed by atoms with Crippen LogP contribution in [0.3, 0.4) is 0 Å². The van der Waals surface area contributed by atoms with E-state index >= 15 is 0 Å². The first kappa shape index (κ1) is 7.68. The molecule has 3 heteroatoms. The monoisotopic (exact) mass is 224 g/mol. The first-order valence-corrected chi connectivity index (χ1v) is 4.17. The van der Waals surface area contributed by atoms with E-state index in [2.05, 4.69) is 27.1 Å². The van der Waals surface area contributed by atoms with E-state index in [1.807, 2.05) is 0 Å². The van der Waals surface area contributed by atoms with Crippen LogP contribution in [0, 0.1) is 12.0 Å². The third-order valence-electron chi connectivity index (χ3n) is 1.61. The molecule has 59 valence electrons. The third-order valence-corrected chi connectivity index (χ3v) is 2.27. The first-order valence-electron chi connectivity index (χ1n) is 3.38. The van der Waals surface area contributed by atoms with Crippen LogP contribution in [0.15, 0.2) is 28.9 Å². The number of aromatic nitrogens is 1. The van der Waals surface area contributed by atoms with Gasteiger partial charge in [-0.2, -0.15) is 0 Å². The zero-order chi connectivity index (χ0) is 8.55. The minimum atomic E-state index is -0.256. The number of benzene rings is 1. The Morgan fingerprint density at radius 3 is 3.08 bits per heavy atom. The zero-order valence-electron chi connectivity index (χ0n) is 6.01. The molecule has 0 saturated carbocycles. The number of nitrogens with zero attached hydrogens (tertiary/aromatic N) is 1. The summed E-state index contributed by atoms with van der Waals surface area (Å²) < 4.78 is 13.6. The van der Waals surface area contributed by atoms with Gasteiger partial charge in [-0.25, -0.2) is 4.39 Å².